The summed E-state index contributed by atoms with van der Waals surface area (Å²) < 4.78 is 40.3. The van der Waals surface area contributed by atoms with Crippen molar-refractivity contribution >= 4 is 33.1 Å². The van der Waals surface area contributed by atoms with Crippen molar-refractivity contribution in [3.8, 4) is 0 Å². The average Bonchev–Trinajstić information content (AvgIpc) is 2.33. The largest absolute Gasteiger partial charge is 0.396 e. The van der Waals surface area contributed by atoms with Crippen molar-refractivity contribution in [2.24, 2.45) is 0 Å². The molecule has 0 saturated heterocycles. The highest BCUT2D eigenvalue weighted by Gasteiger charge is 2.22. The van der Waals surface area contributed by atoms with Gasteiger partial charge in [-0.25, -0.2) is 17.8 Å². The van der Waals surface area contributed by atoms with Crippen molar-refractivity contribution in [2.75, 3.05) is 10.5 Å². The molecule has 1 heterocycles. The van der Waals surface area contributed by atoms with E-state index in [2.05, 4.69) is 9.71 Å². The van der Waals surface area contributed by atoms with E-state index in [1.54, 1.807) is 13.0 Å². The third-order valence-corrected chi connectivity index (χ3v) is 4.05. The van der Waals surface area contributed by atoms with E-state index in [1.165, 1.54) is 12.3 Å². The minimum Gasteiger partial charge on any atom is -0.396 e. The number of anilines is 2. The highest BCUT2D eigenvalue weighted by atomic mass is 35.5. The van der Waals surface area contributed by atoms with Crippen LogP contribution in [0, 0.1) is 12.7 Å². The molecule has 0 saturated carbocycles. The zero-order valence-corrected chi connectivity index (χ0v) is 12.0. The van der Waals surface area contributed by atoms with Gasteiger partial charge < -0.3 is 5.73 Å². The Hall–Kier alpha value is -1.86. The van der Waals surface area contributed by atoms with E-state index < -0.39 is 20.7 Å². The van der Waals surface area contributed by atoms with Crippen LogP contribution in [0.1, 0.15) is 5.56 Å². The lowest BCUT2D eigenvalue weighted by atomic mass is 10.3. The molecule has 0 radical (unpaired) electrons. The lowest BCUT2D eigenvalue weighted by Crippen LogP contribution is -2.16. The van der Waals surface area contributed by atoms with E-state index in [4.69, 9.17) is 17.3 Å². The highest BCUT2D eigenvalue weighted by molar-refractivity contribution is 7.92. The van der Waals surface area contributed by atoms with E-state index in [9.17, 15) is 12.8 Å². The van der Waals surface area contributed by atoms with Gasteiger partial charge in [-0.3, -0.25) is 4.72 Å². The molecular formula is C12H11ClFN3O2S. The molecule has 0 aliphatic carbocycles. The molecule has 0 spiro atoms. The Morgan fingerprint density at radius 2 is 2.05 bits per heavy atom. The molecule has 0 atom stereocenters. The predicted octanol–water partition coefficient (Wildman–Crippen LogP) is 2.57. The number of sulfonamides is 1. The van der Waals surface area contributed by atoms with E-state index >= 15 is 0 Å². The number of nitrogens with one attached hydrogen (secondary N) is 1. The third-order valence-electron chi connectivity index (χ3n) is 2.48. The number of hydrogen-bond donors (Lipinski definition) is 2. The van der Waals surface area contributed by atoms with E-state index in [1.807, 2.05) is 0 Å². The van der Waals surface area contributed by atoms with Crippen LogP contribution in [0.25, 0.3) is 0 Å². The van der Waals surface area contributed by atoms with Crippen LogP contribution in [-0.2, 0) is 10.0 Å². The number of hydrogen-bond acceptors (Lipinski definition) is 4. The number of aromatic nitrogens is 1. The summed E-state index contributed by atoms with van der Waals surface area (Å²) in [4.78, 5) is 3.23. The monoisotopic (exact) mass is 315 g/mol. The molecule has 0 fully saturated rings. The van der Waals surface area contributed by atoms with Crippen LogP contribution in [0.2, 0.25) is 5.02 Å². The van der Waals surface area contributed by atoms with Crippen molar-refractivity contribution in [1.82, 2.24) is 4.98 Å². The molecule has 2 rings (SSSR count). The summed E-state index contributed by atoms with van der Waals surface area (Å²) >= 11 is 5.70. The van der Waals surface area contributed by atoms with Crippen molar-refractivity contribution in [3.63, 3.8) is 0 Å². The lowest BCUT2D eigenvalue weighted by Gasteiger charge is -2.10. The smallest absolute Gasteiger partial charge is 0.266 e. The van der Waals surface area contributed by atoms with Gasteiger partial charge in [0.2, 0.25) is 0 Å². The van der Waals surface area contributed by atoms with E-state index in [0.29, 0.717) is 0 Å². The second kappa shape index (κ2) is 5.26. The first-order valence-corrected chi connectivity index (χ1v) is 7.36. The molecule has 2 aromatic rings. The first-order chi connectivity index (χ1) is 9.29. The summed E-state index contributed by atoms with van der Waals surface area (Å²) in [6, 6.07) is 5.35. The molecule has 8 heteroatoms. The molecule has 0 amide bonds. The number of benzene rings is 1. The highest BCUT2D eigenvalue weighted by Crippen LogP contribution is 2.26. The Bertz CT molecular complexity index is 765. The van der Waals surface area contributed by atoms with Crippen molar-refractivity contribution in [1.29, 1.82) is 0 Å². The van der Waals surface area contributed by atoms with Crippen LogP contribution in [0.3, 0.4) is 0 Å². The topological polar surface area (TPSA) is 85.1 Å². The molecular weight excluding hydrogens is 305 g/mol. The molecule has 106 valence electrons. The summed E-state index contributed by atoms with van der Waals surface area (Å²) in [6.45, 7) is 1.78. The quantitative estimate of drug-likeness (QED) is 0.852. The lowest BCUT2D eigenvalue weighted by molar-refractivity contribution is 0.573. The van der Waals surface area contributed by atoms with Gasteiger partial charge in [-0.1, -0.05) is 11.6 Å². The normalized spacial score (nSPS) is 11.3. The maximum absolute atomic E-state index is 13.8. The van der Waals surface area contributed by atoms with Crippen LogP contribution >= 0.6 is 11.6 Å². The fraction of sp³-hybridized carbons (Fsp3) is 0.0833. The van der Waals surface area contributed by atoms with Gasteiger partial charge in [-0.2, -0.15) is 0 Å². The summed E-state index contributed by atoms with van der Waals surface area (Å²) in [6.07, 6.45) is 1.44. The third kappa shape index (κ3) is 3.00. The maximum atomic E-state index is 13.8. The van der Waals surface area contributed by atoms with Crippen LogP contribution in [0.15, 0.2) is 35.4 Å². The Morgan fingerprint density at radius 3 is 2.70 bits per heavy atom. The van der Waals surface area contributed by atoms with Gasteiger partial charge in [-0.15, -0.1) is 0 Å². The van der Waals surface area contributed by atoms with Crippen LogP contribution in [0.5, 0.6) is 0 Å². The molecule has 20 heavy (non-hydrogen) atoms. The number of rotatable bonds is 3. The molecule has 5 nitrogen and oxygen atoms in total. The number of aryl methyl sites for hydroxylation is 1. The Labute approximate surface area is 120 Å². The van der Waals surface area contributed by atoms with Crippen LogP contribution in [0.4, 0.5) is 15.9 Å². The van der Waals surface area contributed by atoms with Gasteiger partial charge in [0, 0.05) is 11.2 Å². The molecule has 0 aliphatic heterocycles. The predicted molar refractivity (Wildman–Crippen MR) is 75.6 cm³/mol. The van der Waals surface area contributed by atoms with Gasteiger partial charge in [0.15, 0.2) is 5.82 Å². The van der Waals surface area contributed by atoms with Gasteiger partial charge >= 0.3 is 0 Å². The molecule has 1 aromatic heterocycles. The van der Waals surface area contributed by atoms with Crippen molar-refractivity contribution < 1.29 is 12.8 Å². The standard InChI is InChI=1S/C12H11ClFN3O2S/c1-7-2-3-16-11(4-7)17-20(18,19)10-6-8(13)5-9(15)12(10)14/h2-6H,15H2,1H3,(H,16,17). The van der Waals surface area contributed by atoms with E-state index in [0.717, 1.165) is 17.7 Å². The second-order valence-corrected chi connectivity index (χ2v) is 6.22. The summed E-state index contributed by atoms with van der Waals surface area (Å²) in [5, 5.41) is 0.0291. The first kappa shape index (κ1) is 14.5. The summed E-state index contributed by atoms with van der Waals surface area (Å²) in [7, 11) is -4.16. The number of nitrogens with zero attached hydrogens (tertiary/aromatic N) is 1. The number of halogens is 2. The second-order valence-electron chi connectivity index (χ2n) is 4.13. The Balaban J connectivity index is 2.46. The van der Waals surface area contributed by atoms with Crippen LogP contribution < -0.4 is 10.5 Å². The number of nitrogens with two attached hydrogens (primary N) is 1. The van der Waals surface area contributed by atoms with Gasteiger partial charge in [-0.05, 0) is 36.8 Å². The van der Waals surface area contributed by atoms with Crippen molar-refractivity contribution in [3.05, 3.63) is 46.9 Å². The van der Waals surface area contributed by atoms with Gasteiger partial charge in [0.1, 0.15) is 10.7 Å². The number of pyridine rings is 1. The van der Waals surface area contributed by atoms with Crippen molar-refractivity contribution in [2.45, 2.75) is 11.8 Å². The molecule has 3 N–H and O–H groups in total. The molecule has 0 bridgehead atoms. The molecule has 0 unspecified atom stereocenters. The minimum atomic E-state index is -4.16. The Morgan fingerprint density at radius 1 is 1.35 bits per heavy atom. The Kier molecular flexibility index (Phi) is 3.82. The zero-order chi connectivity index (χ0) is 14.9. The fourth-order valence-electron chi connectivity index (χ4n) is 1.56. The SMILES string of the molecule is Cc1ccnc(NS(=O)(=O)c2cc(Cl)cc(N)c2F)c1. The minimum absolute atomic E-state index is 0.0291. The molecule has 1 aromatic carbocycles. The zero-order valence-electron chi connectivity index (χ0n) is 10.4. The summed E-state index contributed by atoms with van der Waals surface area (Å²) in [5.74, 6) is -0.961. The molecule has 0 aliphatic rings. The van der Waals surface area contributed by atoms with Crippen LogP contribution in [-0.4, -0.2) is 13.4 Å². The number of nitrogen functional groups attached to an aromatic ring is 1. The van der Waals surface area contributed by atoms with E-state index in [-0.39, 0.29) is 16.5 Å². The summed E-state index contributed by atoms with van der Waals surface area (Å²) in [5.41, 5.74) is 5.84. The van der Waals surface area contributed by atoms with Gasteiger partial charge in [0.25, 0.3) is 10.0 Å². The van der Waals surface area contributed by atoms with Gasteiger partial charge in [0.05, 0.1) is 5.69 Å². The maximum Gasteiger partial charge on any atom is 0.266 e. The fourth-order valence-corrected chi connectivity index (χ4v) is 2.99. The first-order valence-electron chi connectivity index (χ1n) is 5.49. The average molecular weight is 316 g/mol.